The van der Waals surface area contributed by atoms with Crippen molar-refractivity contribution in [3.63, 3.8) is 0 Å². The van der Waals surface area contributed by atoms with Gasteiger partial charge in [0.1, 0.15) is 6.33 Å². The van der Waals surface area contributed by atoms with Gasteiger partial charge in [0.2, 0.25) is 11.7 Å². The first-order chi connectivity index (χ1) is 12.3. The molecule has 0 spiro atoms. The van der Waals surface area contributed by atoms with Crippen LogP contribution in [0.2, 0.25) is 0 Å². The highest BCUT2D eigenvalue weighted by molar-refractivity contribution is 7.98. The number of para-hydroxylation sites is 1. The van der Waals surface area contributed by atoms with Crippen molar-refractivity contribution >= 4 is 11.8 Å². The average Bonchev–Trinajstić information content (AvgIpc) is 3.30. The quantitative estimate of drug-likeness (QED) is 0.509. The molecule has 7 heteroatoms. The molecule has 25 heavy (non-hydrogen) atoms. The molecular weight excluding hydrogens is 334 g/mol. The fraction of sp³-hybridized carbons (Fsp3) is 0.111. The van der Waals surface area contributed by atoms with Gasteiger partial charge in [0.15, 0.2) is 5.16 Å². The molecule has 0 unspecified atom stereocenters. The third-order valence-electron chi connectivity index (χ3n) is 3.73. The minimum Gasteiger partial charge on any atom is -0.338 e. The van der Waals surface area contributed by atoms with Gasteiger partial charge in [-0.1, -0.05) is 59.4 Å². The largest absolute Gasteiger partial charge is 0.338 e. The molecule has 6 nitrogen and oxygen atoms in total. The summed E-state index contributed by atoms with van der Waals surface area (Å²) in [5, 5.41) is 13.0. The Morgan fingerprint density at radius 1 is 1.04 bits per heavy atom. The fourth-order valence-electron chi connectivity index (χ4n) is 2.46. The molecule has 2 aromatic heterocycles. The summed E-state index contributed by atoms with van der Waals surface area (Å²) in [6.45, 7) is 2.03. The van der Waals surface area contributed by atoms with Crippen LogP contribution in [0.25, 0.3) is 17.1 Å². The summed E-state index contributed by atoms with van der Waals surface area (Å²) in [7, 11) is 0. The van der Waals surface area contributed by atoms with Crippen molar-refractivity contribution in [1.82, 2.24) is 24.9 Å². The lowest BCUT2D eigenvalue weighted by Gasteiger charge is -2.04. The molecule has 0 bridgehead atoms. The third kappa shape index (κ3) is 3.32. The molecule has 2 heterocycles. The minimum atomic E-state index is 0.532. The first kappa shape index (κ1) is 15.6. The Morgan fingerprint density at radius 3 is 2.68 bits per heavy atom. The standard InChI is InChI=1S/C18H15N5OS/c1-13-7-5-6-10-15(13)17-20-16(24-22-17)11-25-18-21-19-12-23(18)14-8-3-2-4-9-14/h2-10,12H,11H2,1H3. The predicted octanol–water partition coefficient (Wildman–Crippen LogP) is 3.92. The Labute approximate surface area is 148 Å². The number of benzene rings is 2. The van der Waals surface area contributed by atoms with E-state index >= 15 is 0 Å². The Morgan fingerprint density at radius 2 is 1.84 bits per heavy atom. The Kier molecular flexibility index (Phi) is 4.30. The number of hydrogen-bond acceptors (Lipinski definition) is 6. The van der Waals surface area contributed by atoms with Crippen LogP contribution < -0.4 is 0 Å². The molecule has 0 atom stereocenters. The maximum absolute atomic E-state index is 5.38. The fourth-order valence-corrected chi connectivity index (χ4v) is 3.23. The number of thioether (sulfide) groups is 1. The van der Waals surface area contributed by atoms with E-state index in [1.54, 1.807) is 6.33 Å². The van der Waals surface area contributed by atoms with E-state index in [9.17, 15) is 0 Å². The van der Waals surface area contributed by atoms with Gasteiger partial charge in [-0.2, -0.15) is 4.98 Å². The number of rotatable bonds is 5. The van der Waals surface area contributed by atoms with E-state index in [-0.39, 0.29) is 0 Å². The summed E-state index contributed by atoms with van der Waals surface area (Å²) < 4.78 is 7.31. The maximum Gasteiger partial charge on any atom is 0.237 e. The summed E-state index contributed by atoms with van der Waals surface area (Å²) in [6, 6.07) is 17.9. The molecule has 0 amide bonds. The van der Waals surface area contributed by atoms with Gasteiger partial charge < -0.3 is 4.52 Å². The van der Waals surface area contributed by atoms with E-state index in [0.29, 0.717) is 17.5 Å². The molecule has 2 aromatic carbocycles. The van der Waals surface area contributed by atoms with Gasteiger partial charge in [0.25, 0.3) is 0 Å². The van der Waals surface area contributed by atoms with Crippen molar-refractivity contribution in [2.24, 2.45) is 0 Å². The van der Waals surface area contributed by atoms with Crippen LogP contribution in [0.1, 0.15) is 11.5 Å². The molecule has 0 aliphatic rings. The highest BCUT2D eigenvalue weighted by atomic mass is 32.2. The predicted molar refractivity (Wildman–Crippen MR) is 95.4 cm³/mol. The van der Waals surface area contributed by atoms with Crippen LogP contribution in [0.4, 0.5) is 0 Å². The van der Waals surface area contributed by atoms with E-state index in [2.05, 4.69) is 20.3 Å². The highest BCUT2D eigenvalue weighted by Gasteiger charge is 2.13. The van der Waals surface area contributed by atoms with Crippen LogP contribution in [0.5, 0.6) is 0 Å². The zero-order valence-electron chi connectivity index (χ0n) is 13.5. The van der Waals surface area contributed by atoms with Crippen molar-refractivity contribution < 1.29 is 4.52 Å². The molecule has 0 saturated heterocycles. The summed E-state index contributed by atoms with van der Waals surface area (Å²) in [4.78, 5) is 4.49. The Hall–Kier alpha value is -2.93. The van der Waals surface area contributed by atoms with Crippen LogP contribution in [0.3, 0.4) is 0 Å². The van der Waals surface area contributed by atoms with Crippen molar-refractivity contribution in [2.75, 3.05) is 0 Å². The molecule has 124 valence electrons. The molecule has 4 rings (SSSR count). The van der Waals surface area contributed by atoms with E-state index in [4.69, 9.17) is 4.52 Å². The molecular formula is C18H15N5OS. The summed E-state index contributed by atoms with van der Waals surface area (Å²) in [5.74, 6) is 1.70. The van der Waals surface area contributed by atoms with Gasteiger partial charge in [-0.25, -0.2) is 0 Å². The molecule has 0 aliphatic carbocycles. The van der Waals surface area contributed by atoms with E-state index in [1.165, 1.54) is 11.8 Å². The van der Waals surface area contributed by atoms with Crippen molar-refractivity contribution in [3.05, 3.63) is 72.4 Å². The SMILES string of the molecule is Cc1ccccc1-c1noc(CSc2nncn2-c2ccccc2)n1. The lowest BCUT2D eigenvalue weighted by molar-refractivity contribution is 0.391. The van der Waals surface area contributed by atoms with E-state index < -0.39 is 0 Å². The Balaban J connectivity index is 1.50. The molecule has 4 aromatic rings. The lowest BCUT2D eigenvalue weighted by atomic mass is 10.1. The number of nitrogens with zero attached hydrogens (tertiary/aromatic N) is 5. The average molecular weight is 349 g/mol. The molecule has 0 saturated carbocycles. The lowest BCUT2D eigenvalue weighted by Crippen LogP contribution is -1.95. The maximum atomic E-state index is 5.38. The smallest absolute Gasteiger partial charge is 0.237 e. The van der Waals surface area contributed by atoms with Gasteiger partial charge in [0.05, 0.1) is 5.75 Å². The van der Waals surface area contributed by atoms with Crippen LogP contribution in [-0.4, -0.2) is 24.9 Å². The van der Waals surface area contributed by atoms with Crippen LogP contribution >= 0.6 is 11.8 Å². The zero-order valence-corrected chi connectivity index (χ0v) is 14.3. The van der Waals surface area contributed by atoms with Gasteiger partial charge in [-0.15, -0.1) is 10.2 Å². The van der Waals surface area contributed by atoms with Gasteiger partial charge in [-0.05, 0) is 24.6 Å². The molecule has 0 fully saturated rings. The van der Waals surface area contributed by atoms with Crippen molar-refractivity contribution in [2.45, 2.75) is 17.8 Å². The van der Waals surface area contributed by atoms with Gasteiger partial charge in [-0.3, -0.25) is 4.57 Å². The van der Waals surface area contributed by atoms with Crippen LogP contribution in [0, 0.1) is 6.92 Å². The van der Waals surface area contributed by atoms with E-state index in [0.717, 1.165) is 22.0 Å². The van der Waals surface area contributed by atoms with Gasteiger partial charge >= 0.3 is 0 Å². The molecule has 0 N–H and O–H groups in total. The first-order valence-corrected chi connectivity index (χ1v) is 8.76. The van der Waals surface area contributed by atoms with Crippen LogP contribution in [0.15, 0.2) is 70.6 Å². The summed E-state index contributed by atoms with van der Waals surface area (Å²) in [6.07, 6.45) is 1.70. The summed E-state index contributed by atoms with van der Waals surface area (Å²) >= 11 is 1.51. The van der Waals surface area contributed by atoms with Crippen molar-refractivity contribution in [3.8, 4) is 17.1 Å². The number of hydrogen-bond donors (Lipinski definition) is 0. The number of aromatic nitrogens is 5. The molecule has 0 aliphatic heterocycles. The second-order valence-corrected chi connectivity index (χ2v) is 6.38. The van der Waals surface area contributed by atoms with Crippen LogP contribution in [-0.2, 0) is 5.75 Å². The molecule has 0 radical (unpaired) electrons. The minimum absolute atomic E-state index is 0.532. The normalized spacial score (nSPS) is 10.9. The second kappa shape index (κ2) is 6.90. The Bertz CT molecular complexity index is 980. The summed E-state index contributed by atoms with van der Waals surface area (Å²) in [5.41, 5.74) is 3.11. The topological polar surface area (TPSA) is 69.6 Å². The highest BCUT2D eigenvalue weighted by Crippen LogP contribution is 2.25. The monoisotopic (exact) mass is 349 g/mol. The van der Waals surface area contributed by atoms with Crippen molar-refractivity contribution in [1.29, 1.82) is 0 Å². The number of aryl methyl sites for hydroxylation is 1. The zero-order chi connectivity index (χ0) is 17.1. The second-order valence-electron chi connectivity index (χ2n) is 5.43. The first-order valence-electron chi connectivity index (χ1n) is 7.78. The van der Waals surface area contributed by atoms with Gasteiger partial charge in [0, 0.05) is 11.3 Å². The van der Waals surface area contributed by atoms with E-state index in [1.807, 2.05) is 66.1 Å². The third-order valence-corrected chi connectivity index (χ3v) is 4.66.